The van der Waals surface area contributed by atoms with Gasteiger partial charge in [0.05, 0.1) is 12.3 Å². The molecular formula is C17H19N3O3. The Kier molecular flexibility index (Phi) is 6.71. The maximum Gasteiger partial charge on any atom is 0.305 e. The normalized spacial score (nSPS) is 11.1. The van der Waals surface area contributed by atoms with Crippen molar-refractivity contribution >= 4 is 11.7 Å². The summed E-state index contributed by atoms with van der Waals surface area (Å²) in [5, 5.41) is 4.18. The average molecular weight is 313 g/mol. The van der Waals surface area contributed by atoms with E-state index in [0.29, 0.717) is 37.5 Å². The first-order valence-corrected chi connectivity index (χ1v) is 7.48. The van der Waals surface area contributed by atoms with Crippen LogP contribution in [0.2, 0.25) is 0 Å². The van der Waals surface area contributed by atoms with Crippen LogP contribution >= 0.6 is 0 Å². The maximum atomic E-state index is 11.3. The zero-order chi connectivity index (χ0) is 16.3. The molecule has 0 fully saturated rings. The van der Waals surface area contributed by atoms with Gasteiger partial charge in [-0.3, -0.25) is 4.79 Å². The molecule has 0 aliphatic carbocycles. The number of hydrogen-bond donors (Lipinski definition) is 0. The Bertz CT molecular complexity index is 589. The Morgan fingerprint density at radius 1 is 1.22 bits per heavy atom. The standard InChI is InChI=1S/C17H19N3O3/c1-2-22-16(21)9-6-12-23-20-17(14-7-4-3-5-8-14)15-10-11-18-13-19-15/h3-5,7-8,10-11,13H,2,6,9,12H2,1H3/b20-17-. The van der Waals surface area contributed by atoms with Crippen molar-refractivity contribution in [3.8, 4) is 0 Å². The summed E-state index contributed by atoms with van der Waals surface area (Å²) in [5.41, 5.74) is 2.21. The predicted molar refractivity (Wildman–Crippen MR) is 85.9 cm³/mol. The molecule has 2 aromatic rings. The number of rotatable bonds is 8. The van der Waals surface area contributed by atoms with Gasteiger partial charge in [-0.2, -0.15) is 0 Å². The SMILES string of the molecule is CCOC(=O)CCCO/N=C(/c1ccccc1)c1ccncn1. The number of esters is 1. The molecule has 120 valence electrons. The number of aromatic nitrogens is 2. The van der Waals surface area contributed by atoms with E-state index in [4.69, 9.17) is 9.57 Å². The summed E-state index contributed by atoms with van der Waals surface area (Å²) in [6.45, 7) is 2.51. The number of carbonyl (C=O) groups excluding carboxylic acids is 1. The molecule has 0 aliphatic rings. The molecule has 0 saturated heterocycles. The van der Waals surface area contributed by atoms with Crippen LogP contribution in [0.4, 0.5) is 0 Å². The van der Waals surface area contributed by atoms with Crippen molar-refractivity contribution in [2.45, 2.75) is 19.8 Å². The highest BCUT2D eigenvalue weighted by molar-refractivity contribution is 6.11. The molecule has 0 aliphatic heterocycles. The highest BCUT2D eigenvalue weighted by Crippen LogP contribution is 2.09. The van der Waals surface area contributed by atoms with Crippen LogP contribution in [0.15, 0.2) is 54.1 Å². The minimum atomic E-state index is -0.223. The van der Waals surface area contributed by atoms with Crippen LogP contribution in [0.1, 0.15) is 31.0 Å². The molecule has 1 aromatic carbocycles. The van der Waals surface area contributed by atoms with Crippen molar-refractivity contribution in [3.05, 3.63) is 60.2 Å². The van der Waals surface area contributed by atoms with Gasteiger partial charge in [0.15, 0.2) is 0 Å². The van der Waals surface area contributed by atoms with Gasteiger partial charge in [0, 0.05) is 18.2 Å². The highest BCUT2D eigenvalue weighted by Gasteiger charge is 2.09. The Labute approximate surface area is 135 Å². The van der Waals surface area contributed by atoms with Crippen molar-refractivity contribution in [3.63, 3.8) is 0 Å². The lowest BCUT2D eigenvalue weighted by Gasteiger charge is -2.06. The van der Waals surface area contributed by atoms with Crippen molar-refractivity contribution in [1.82, 2.24) is 9.97 Å². The zero-order valence-corrected chi connectivity index (χ0v) is 13.0. The van der Waals surface area contributed by atoms with Crippen molar-refractivity contribution < 1.29 is 14.4 Å². The summed E-state index contributed by atoms with van der Waals surface area (Å²) in [7, 11) is 0. The van der Waals surface area contributed by atoms with Gasteiger partial charge >= 0.3 is 5.97 Å². The molecule has 0 spiro atoms. The van der Waals surface area contributed by atoms with Crippen LogP contribution in [0.25, 0.3) is 0 Å². The molecule has 0 radical (unpaired) electrons. The fourth-order valence-corrected chi connectivity index (χ4v) is 1.90. The van der Waals surface area contributed by atoms with Gasteiger partial charge < -0.3 is 9.57 Å². The summed E-state index contributed by atoms with van der Waals surface area (Å²) in [6, 6.07) is 11.4. The van der Waals surface area contributed by atoms with Crippen LogP contribution in [0, 0.1) is 0 Å². The number of oxime groups is 1. The van der Waals surface area contributed by atoms with E-state index >= 15 is 0 Å². The zero-order valence-electron chi connectivity index (χ0n) is 13.0. The molecule has 23 heavy (non-hydrogen) atoms. The van der Waals surface area contributed by atoms with E-state index in [0.717, 1.165) is 5.56 Å². The third-order valence-electron chi connectivity index (χ3n) is 2.95. The fraction of sp³-hybridized carbons (Fsp3) is 0.294. The average Bonchev–Trinajstić information content (AvgIpc) is 2.60. The van der Waals surface area contributed by atoms with E-state index in [1.54, 1.807) is 19.2 Å². The van der Waals surface area contributed by atoms with E-state index in [9.17, 15) is 4.79 Å². The number of hydrogen-bond acceptors (Lipinski definition) is 6. The highest BCUT2D eigenvalue weighted by atomic mass is 16.6. The van der Waals surface area contributed by atoms with E-state index < -0.39 is 0 Å². The number of nitrogens with zero attached hydrogens (tertiary/aromatic N) is 3. The van der Waals surface area contributed by atoms with Crippen LogP contribution in [0.3, 0.4) is 0 Å². The third kappa shape index (κ3) is 5.50. The predicted octanol–water partition coefficient (Wildman–Crippen LogP) is 2.59. The minimum absolute atomic E-state index is 0.223. The Morgan fingerprint density at radius 2 is 2.04 bits per heavy atom. The summed E-state index contributed by atoms with van der Waals surface area (Å²) >= 11 is 0. The van der Waals surface area contributed by atoms with Gasteiger partial charge in [-0.05, 0) is 19.4 Å². The first kappa shape index (κ1) is 16.6. The molecule has 2 rings (SSSR count). The van der Waals surface area contributed by atoms with Gasteiger partial charge in [-0.25, -0.2) is 9.97 Å². The molecule has 0 N–H and O–H groups in total. The number of ether oxygens (including phenoxy) is 1. The Morgan fingerprint density at radius 3 is 2.74 bits per heavy atom. The maximum absolute atomic E-state index is 11.3. The topological polar surface area (TPSA) is 73.7 Å². The second kappa shape index (κ2) is 9.30. The fourth-order valence-electron chi connectivity index (χ4n) is 1.90. The minimum Gasteiger partial charge on any atom is -0.466 e. The summed E-state index contributed by atoms with van der Waals surface area (Å²) in [4.78, 5) is 24.7. The molecule has 1 heterocycles. The smallest absolute Gasteiger partial charge is 0.305 e. The molecule has 6 nitrogen and oxygen atoms in total. The Hall–Kier alpha value is -2.76. The van der Waals surface area contributed by atoms with E-state index in [2.05, 4.69) is 15.1 Å². The molecular weight excluding hydrogens is 294 g/mol. The van der Waals surface area contributed by atoms with Gasteiger partial charge in [0.2, 0.25) is 0 Å². The van der Waals surface area contributed by atoms with Crippen LogP contribution < -0.4 is 0 Å². The summed E-state index contributed by atoms with van der Waals surface area (Å²) < 4.78 is 4.86. The van der Waals surface area contributed by atoms with Crippen molar-refractivity contribution in [2.75, 3.05) is 13.2 Å². The first-order valence-electron chi connectivity index (χ1n) is 7.48. The van der Waals surface area contributed by atoms with Crippen LogP contribution in [0.5, 0.6) is 0 Å². The van der Waals surface area contributed by atoms with Gasteiger partial charge in [0.25, 0.3) is 0 Å². The van der Waals surface area contributed by atoms with Gasteiger partial charge in [-0.15, -0.1) is 0 Å². The summed E-state index contributed by atoms with van der Waals surface area (Å²) in [6.07, 6.45) is 3.99. The van der Waals surface area contributed by atoms with E-state index in [-0.39, 0.29) is 5.97 Å². The van der Waals surface area contributed by atoms with Crippen LogP contribution in [-0.2, 0) is 14.4 Å². The Balaban J connectivity index is 1.99. The molecule has 0 unspecified atom stereocenters. The molecule has 1 aromatic heterocycles. The quantitative estimate of drug-likeness (QED) is 0.324. The monoisotopic (exact) mass is 313 g/mol. The largest absolute Gasteiger partial charge is 0.466 e. The first-order chi connectivity index (χ1) is 11.3. The van der Waals surface area contributed by atoms with Crippen molar-refractivity contribution in [1.29, 1.82) is 0 Å². The molecule has 0 saturated carbocycles. The number of carbonyl (C=O) groups is 1. The van der Waals surface area contributed by atoms with E-state index in [1.165, 1.54) is 6.33 Å². The van der Waals surface area contributed by atoms with E-state index in [1.807, 2.05) is 30.3 Å². The van der Waals surface area contributed by atoms with Crippen LogP contribution in [-0.4, -0.2) is 34.9 Å². The molecule has 0 atom stereocenters. The van der Waals surface area contributed by atoms with Gasteiger partial charge in [-0.1, -0.05) is 35.5 Å². The lowest BCUT2D eigenvalue weighted by molar-refractivity contribution is -0.143. The lowest BCUT2D eigenvalue weighted by atomic mass is 10.1. The van der Waals surface area contributed by atoms with Crippen molar-refractivity contribution in [2.24, 2.45) is 5.16 Å². The number of benzene rings is 1. The molecule has 0 amide bonds. The third-order valence-corrected chi connectivity index (χ3v) is 2.95. The summed E-state index contributed by atoms with van der Waals surface area (Å²) in [5.74, 6) is -0.223. The molecule has 0 bridgehead atoms. The van der Waals surface area contributed by atoms with Gasteiger partial charge in [0.1, 0.15) is 18.6 Å². The second-order valence-electron chi connectivity index (χ2n) is 4.64. The molecule has 6 heteroatoms. The second-order valence-corrected chi connectivity index (χ2v) is 4.64. The lowest BCUT2D eigenvalue weighted by Crippen LogP contribution is -2.08.